The van der Waals surface area contributed by atoms with Crippen molar-refractivity contribution in [1.82, 2.24) is 14.7 Å². The fourth-order valence-corrected chi connectivity index (χ4v) is 4.19. The van der Waals surface area contributed by atoms with Crippen LogP contribution in [0.5, 0.6) is 0 Å². The van der Waals surface area contributed by atoms with Gasteiger partial charge in [0.25, 0.3) is 5.91 Å². The maximum atomic E-state index is 12.9. The van der Waals surface area contributed by atoms with Gasteiger partial charge >= 0.3 is 5.97 Å². The Labute approximate surface area is 142 Å². The number of piperidine rings is 1. The first-order valence-corrected chi connectivity index (χ1v) is 9.03. The molecule has 1 aromatic heterocycles. The van der Waals surface area contributed by atoms with E-state index in [2.05, 4.69) is 5.10 Å². The summed E-state index contributed by atoms with van der Waals surface area (Å²) < 4.78 is 2.01. The maximum Gasteiger partial charge on any atom is 0.308 e. The summed E-state index contributed by atoms with van der Waals surface area (Å²) in [5.41, 5.74) is 1.54. The van der Waals surface area contributed by atoms with E-state index in [1.807, 2.05) is 18.5 Å². The second-order valence-corrected chi connectivity index (χ2v) is 7.47. The monoisotopic (exact) mass is 333 g/mol. The van der Waals surface area contributed by atoms with Crippen molar-refractivity contribution in [2.45, 2.75) is 58.4 Å². The summed E-state index contributed by atoms with van der Waals surface area (Å²) in [5, 5.41) is 13.8. The molecule has 1 saturated heterocycles. The van der Waals surface area contributed by atoms with Gasteiger partial charge in [0.1, 0.15) is 0 Å². The van der Waals surface area contributed by atoms with Crippen molar-refractivity contribution in [3.05, 3.63) is 17.5 Å². The average Bonchev–Trinajstić information content (AvgIpc) is 2.96. The quantitative estimate of drug-likeness (QED) is 0.923. The van der Waals surface area contributed by atoms with Gasteiger partial charge in [0.05, 0.1) is 23.7 Å². The third-order valence-electron chi connectivity index (χ3n) is 5.49. The van der Waals surface area contributed by atoms with Gasteiger partial charge in [-0.1, -0.05) is 26.2 Å². The smallest absolute Gasteiger partial charge is 0.308 e. The normalized spacial score (nSPS) is 25.7. The first kappa shape index (κ1) is 17.0. The molecule has 1 aromatic rings. The number of amides is 1. The highest BCUT2D eigenvalue weighted by atomic mass is 16.4. The molecule has 3 rings (SSSR count). The van der Waals surface area contributed by atoms with Crippen LogP contribution in [-0.2, 0) is 4.79 Å². The Morgan fingerprint density at radius 3 is 2.58 bits per heavy atom. The van der Waals surface area contributed by atoms with Crippen molar-refractivity contribution in [3.63, 3.8) is 0 Å². The zero-order chi connectivity index (χ0) is 17.3. The minimum atomic E-state index is -0.811. The third-order valence-corrected chi connectivity index (χ3v) is 5.49. The first-order chi connectivity index (χ1) is 11.5. The Morgan fingerprint density at radius 2 is 1.92 bits per heavy atom. The minimum Gasteiger partial charge on any atom is -0.481 e. The minimum absolute atomic E-state index is 0.0765. The molecule has 6 heteroatoms. The number of carboxylic acids is 1. The van der Waals surface area contributed by atoms with E-state index in [0.29, 0.717) is 31.1 Å². The summed E-state index contributed by atoms with van der Waals surface area (Å²) >= 11 is 0. The molecule has 1 N–H and O–H groups in total. The largest absolute Gasteiger partial charge is 0.481 e. The zero-order valence-electron chi connectivity index (χ0n) is 14.6. The molecule has 132 valence electrons. The SMILES string of the molecule is Cc1c(C(=O)N2CC(C)CC(C(=O)O)C2)cnn1C1CCCCC1. The highest BCUT2D eigenvalue weighted by Gasteiger charge is 2.33. The molecular weight excluding hydrogens is 306 g/mol. The lowest BCUT2D eigenvalue weighted by Gasteiger charge is -2.34. The van der Waals surface area contributed by atoms with Gasteiger partial charge < -0.3 is 10.0 Å². The topological polar surface area (TPSA) is 75.4 Å². The molecule has 0 radical (unpaired) electrons. The summed E-state index contributed by atoms with van der Waals surface area (Å²) in [6.45, 7) is 4.88. The highest BCUT2D eigenvalue weighted by Crippen LogP contribution is 2.30. The molecule has 2 aliphatic rings. The summed E-state index contributed by atoms with van der Waals surface area (Å²) in [7, 11) is 0. The Hall–Kier alpha value is -1.85. The van der Waals surface area contributed by atoms with E-state index in [1.54, 1.807) is 11.1 Å². The Bertz CT molecular complexity index is 619. The third kappa shape index (κ3) is 3.32. The van der Waals surface area contributed by atoms with Gasteiger partial charge in [0.15, 0.2) is 0 Å². The van der Waals surface area contributed by atoms with Crippen molar-refractivity contribution >= 4 is 11.9 Å². The van der Waals surface area contributed by atoms with Crippen molar-refractivity contribution in [1.29, 1.82) is 0 Å². The molecule has 0 spiro atoms. The zero-order valence-corrected chi connectivity index (χ0v) is 14.6. The lowest BCUT2D eigenvalue weighted by Crippen LogP contribution is -2.45. The molecule has 1 saturated carbocycles. The Kier molecular flexibility index (Phi) is 4.92. The van der Waals surface area contributed by atoms with E-state index in [4.69, 9.17) is 0 Å². The molecule has 0 bridgehead atoms. The van der Waals surface area contributed by atoms with Crippen LogP contribution in [0.2, 0.25) is 0 Å². The summed E-state index contributed by atoms with van der Waals surface area (Å²) in [5.74, 6) is -1.15. The number of carbonyl (C=O) groups excluding carboxylic acids is 1. The van der Waals surface area contributed by atoms with Crippen LogP contribution in [0.15, 0.2) is 6.20 Å². The molecule has 2 unspecified atom stereocenters. The fraction of sp³-hybridized carbons (Fsp3) is 0.722. The first-order valence-electron chi connectivity index (χ1n) is 9.03. The number of hydrogen-bond donors (Lipinski definition) is 1. The van der Waals surface area contributed by atoms with Gasteiger partial charge in [-0.2, -0.15) is 5.10 Å². The molecule has 1 aliphatic heterocycles. The number of aliphatic carboxylic acids is 1. The van der Waals surface area contributed by atoms with Gasteiger partial charge in [0, 0.05) is 18.8 Å². The molecule has 1 amide bonds. The predicted octanol–water partition coefficient (Wildman–Crippen LogP) is 2.88. The van der Waals surface area contributed by atoms with Crippen LogP contribution in [0.4, 0.5) is 0 Å². The van der Waals surface area contributed by atoms with Crippen LogP contribution in [-0.4, -0.2) is 44.8 Å². The number of carboxylic acid groups (broad SMARTS) is 1. The number of carbonyl (C=O) groups is 2. The van der Waals surface area contributed by atoms with E-state index in [1.165, 1.54) is 19.3 Å². The van der Waals surface area contributed by atoms with Gasteiger partial charge in [-0.15, -0.1) is 0 Å². The number of rotatable bonds is 3. The maximum absolute atomic E-state index is 12.9. The van der Waals surface area contributed by atoms with E-state index in [-0.39, 0.29) is 11.8 Å². The van der Waals surface area contributed by atoms with Crippen LogP contribution in [0.3, 0.4) is 0 Å². The number of hydrogen-bond acceptors (Lipinski definition) is 3. The molecule has 6 nitrogen and oxygen atoms in total. The molecule has 0 aromatic carbocycles. The van der Waals surface area contributed by atoms with Crippen molar-refractivity contribution < 1.29 is 14.7 Å². The lowest BCUT2D eigenvalue weighted by molar-refractivity contribution is -0.143. The van der Waals surface area contributed by atoms with Crippen LogP contribution < -0.4 is 0 Å². The van der Waals surface area contributed by atoms with E-state index >= 15 is 0 Å². The molecule has 24 heavy (non-hydrogen) atoms. The standard InChI is InChI=1S/C18H27N3O3/c1-12-8-14(18(23)24)11-20(10-12)17(22)16-9-19-21(13(16)2)15-6-4-3-5-7-15/h9,12,14-15H,3-8,10-11H2,1-2H3,(H,23,24). The van der Waals surface area contributed by atoms with Gasteiger partial charge in [-0.3, -0.25) is 14.3 Å². The second kappa shape index (κ2) is 6.95. The molecule has 2 atom stereocenters. The van der Waals surface area contributed by atoms with E-state index < -0.39 is 11.9 Å². The number of nitrogens with zero attached hydrogens (tertiary/aromatic N) is 3. The van der Waals surface area contributed by atoms with Crippen LogP contribution >= 0.6 is 0 Å². The molecule has 2 heterocycles. The predicted molar refractivity (Wildman–Crippen MR) is 89.9 cm³/mol. The van der Waals surface area contributed by atoms with Gasteiger partial charge in [0.2, 0.25) is 0 Å². The van der Waals surface area contributed by atoms with E-state index in [0.717, 1.165) is 18.5 Å². The molecular formula is C18H27N3O3. The van der Waals surface area contributed by atoms with Crippen molar-refractivity contribution in [2.75, 3.05) is 13.1 Å². The fourth-order valence-electron chi connectivity index (χ4n) is 4.19. The van der Waals surface area contributed by atoms with Crippen molar-refractivity contribution in [2.24, 2.45) is 11.8 Å². The van der Waals surface area contributed by atoms with Crippen LogP contribution in [0.1, 0.15) is 67.5 Å². The van der Waals surface area contributed by atoms with Gasteiger partial charge in [-0.05, 0) is 32.1 Å². The Morgan fingerprint density at radius 1 is 1.21 bits per heavy atom. The average molecular weight is 333 g/mol. The Balaban J connectivity index is 1.77. The van der Waals surface area contributed by atoms with Crippen molar-refractivity contribution in [3.8, 4) is 0 Å². The summed E-state index contributed by atoms with van der Waals surface area (Å²) in [6.07, 6.45) is 8.27. The number of aromatic nitrogens is 2. The van der Waals surface area contributed by atoms with Crippen LogP contribution in [0, 0.1) is 18.8 Å². The number of likely N-dealkylation sites (tertiary alicyclic amines) is 1. The highest BCUT2D eigenvalue weighted by molar-refractivity contribution is 5.95. The van der Waals surface area contributed by atoms with Gasteiger partial charge in [-0.25, -0.2) is 0 Å². The van der Waals surface area contributed by atoms with E-state index in [9.17, 15) is 14.7 Å². The molecule has 1 aliphatic carbocycles. The summed E-state index contributed by atoms with van der Waals surface area (Å²) in [4.78, 5) is 25.9. The van der Waals surface area contributed by atoms with Crippen LogP contribution in [0.25, 0.3) is 0 Å². The summed E-state index contributed by atoms with van der Waals surface area (Å²) in [6, 6.07) is 0.396. The molecule has 2 fully saturated rings. The lowest BCUT2D eigenvalue weighted by atomic mass is 9.90. The second-order valence-electron chi connectivity index (χ2n) is 7.47.